The summed E-state index contributed by atoms with van der Waals surface area (Å²) >= 11 is 0. The van der Waals surface area contributed by atoms with Crippen LogP contribution in [-0.2, 0) is 4.74 Å². The molecule has 1 aliphatic rings. The van der Waals surface area contributed by atoms with Crippen molar-refractivity contribution in [1.82, 2.24) is 4.90 Å². The topological polar surface area (TPSA) is 29.5 Å². The van der Waals surface area contributed by atoms with Crippen LogP contribution < -0.4 is 0 Å². The number of hydrogen-bond acceptors (Lipinski definition) is 2. The third kappa shape index (κ3) is 3.54. The molecule has 1 heterocycles. The third-order valence-electron chi connectivity index (χ3n) is 3.53. The Balaban J connectivity index is 2.09. The fourth-order valence-electron chi connectivity index (χ4n) is 2.38. The first-order valence-corrected chi connectivity index (χ1v) is 6.97. The second-order valence-electron chi connectivity index (χ2n) is 4.96. The monoisotopic (exact) mass is 283 g/mol. The molecule has 0 aromatic heterocycles. The molecule has 0 bridgehead atoms. The van der Waals surface area contributed by atoms with E-state index in [0.29, 0.717) is 19.7 Å². The number of ether oxygens (including phenoxy) is 1. The lowest BCUT2D eigenvalue weighted by Crippen LogP contribution is -2.40. The zero-order valence-corrected chi connectivity index (χ0v) is 11.6. The van der Waals surface area contributed by atoms with Crippen molar-refractivity contribution in [3.05, 3.63) is 35.4 Å². The van der Waals surface area contributed by atoms with E-state index in [0.717, 1.165) is 37.5 Å². The third-order valence-corrected chi connectivity index (χ3v) is 3.53. The van der Waals surface area contributed by atoms with Crippen molar-refractivity contribution in [1.29, 1.82) is 0 Å². The summed E-state index contributed by atoms with van der Waals surface area (Å²) in [7, 11) is 0. The molecule has 1 aromatic carbocycles. The first-order valence-electron chi connectivity index (χ1n) is 6.97. The molecule has 0 spiro atoms. The van der Waals surface area contributed by atoms with Crippen molar-refractivity contribution in [2.75, 3.05) is 19.7 Å². The number of amides is 1. The molecule has 1 unspecified atom stereocenters. The molecule has 0 N–H and O–H groups in total. The lowest BCUT2D eigenvalue weighted by atomic mass is 10.1. The van der Waals surface area contributed by atoms with Crippen LogP contribution in [-0.4, -0.2) is 36.6 Å². The van der Waals surface area contributed by atoms with E-state index in [4.69, 9.17) is 4.74 Å². The number of hydrogen-bond donors (Lipinski definition) is 0. The Labute approximate surface area is 117 Å². The number of rotatable bonds is 4. The highest BCUT2D eigenvalue weighted by Crippen LogP contribution is 2.17. The number of carbonyl (C=O) groups excluding carboxylic acids is 1. The summed E-state index contributed by atoms with van der Waals surface area (Å²) in [5.74, 6) is -1.79. The normalized spacial score (nSPS) is 18.9. The quantitative estimate of drug-likeness (QED) is 0.850. The summed E-state index contributed by atoms with van der Waals surface area (Å²) in [4.78, 5) is 13.8. The van der Waals surface area contributed by atoms with Gasteiger partial charge in [0.25, 0.3) is 5.91 Å². The van der Waals surface area contributed by atoms with Gasteiger partial charge in [0.2, 0.25) is 0 Å². The highest BCUT2D eigenvalue weighted by molar-refractivity contribution is 5.94. The predicted octanol–water partition coefficient (Wildman–Crippen LogP) is 3.00. The van der Waals surface area contributed by atoms with Gasteiger partial charge in [-0.1, -0.05) is 0 Å². The van der Waals surface area contributed by atoms with Gasteiger partial charge in [0.05, 0.1) is 11.7 Å². The molecule has 1 aliphatic heterocycles. The van der Waals surface area contributed by atoms with Crippen LogP contribution in [0, 0.1) is 11.6 Å². The number of likely N-dealkylation sites (N-methyl/N-ethyl adjacent to an activating group) is 1. The van der Waals surface area contributed by atoms with Crippen LogP contribution in [0.25, 0.3) is 0 Å². The Bertz CT molecular complexity index is 473. The second kappa shape index (κ2) is 6.79. The van der Waals surface area contributed by atoms with Crippen molar-refractivity contribution in [2.24, 2.45) is 0 Å². The fraction of sp³-hybridized carbons (Fsp3) is 0.533. The van der Waals surface area contributed by atoms with Gasteiger partial charge in [-0.25, -0.2) is 8.78 Å². The molecule has 1 saturated heterocycles. The molecule has 1 amide bonds. The first kappa shape index (κ1) is 14.9. The maximum absolute atomic E-state index is 13.6. The largest absolute Gasteiger partial charge is 0.376 e. The van der Waals surface area contributed by atoms with E-state index in [1.807, 2.05) is 6.92 Å². The van der Waals surface area contributed by atoms with Gasteiger partial charge in [0.15, 0.2) is 0 Å². The smallest absolute Gasteiger partial charge is 0.257 e. The van der Waals surface area contributed by atoms with Crippen LogP contribution in [0.15, 0.2) is 18.2 Å². The van der Waals surface area contributed by atoms with E-state index in [1.54, 1.807) is 0 Å². The predicted molar refractivity (Wildman–Crippen MR) is 71.5 cm³/mol. The van der Waals surface area contributed by atoms with Crippen LogP contribution in [0.3, 0.4) is 0 Å². The van der Waals surface area contributed by atoms with Crippen molar-refractivity contribution < 1.29 is 18.3 Å². The molecule has 0 saturated carbocycles. The lowest BCUT2D eigenvalue weighted by molar-refractivity contribution is -0.00321. The van der Waals surface area contributed by atoms with Gasteiger partial charge >= 0.3 is 0 Å². The summed E-state index contributed by atoms with van der Waals surface area (Å²) in [6.45, 7) is 3.38. The second-order valence-corrected chi connectivity index (χ2v) is 4.96. The van der Waals surface area contributed by atoms with Crippen molar-refractivity contribution in [3.8, 4) is 0 Å². The van der Waals surface area contributed by atoms with Crippen LogP contribution in [0.1, 0.15) is 36.5 Å². The number of benzene rings is 1. The van der Waals surface area contributed by atoms with E-state index in [2.05, 4.69) is 0 Å². The van der Waals surface area contributed by atoms with Gasteiger partial charge in [0.1, 0.15) is 11.6 Å². The number of halogens is 2. The zero-order valence-electron chi connectivity index (χ0n) is 11.6. The zero-order chi connectivity index (χ0) is 14.5. The average molecular weight is 283 g/mol. The van der Waals surface area contributed by atoms with Gasteiger partial charge in [-0.05, 0) is 44.4 Å². The Morgan fingerprint density at radius 3 is 2.85 bits per heavy atom. The molecule has 1 aromatic rings. The molecule has 0 aliphatic carbocycles. The molecule has 110 valence electrons. The fourth-order valence-corrected chi connectivity index (χ4v) is 2.38. The Hall–Kier alpha value is -1.49. The minimum absolute atomic E-state index is 0.00993. The van der Waals surface area contributed by atoms with E-state index in [9.17, 15) is 13.6 Å². The van der Waals surface area contributed by atoms with Crippen molar-refractivity contribution in [2.45, 2.75) is 32.3 Å². The van der Waals surface area contributed by atoms with Gasteiger partial charge in [-0.15, -0.1) is 0 Å². The number of carbonyl (C=O) groups is 1. The van der Waals surface area contributed by atoms with Gasteiger partial charge in [-0.3, -0.25) is 4.79 Å². The summed E-state index contributed by atoms with van der Waals surface area (Å²) in [5.41, 5.74) is -0.220. The van der Waals surface area contributed by atoms with E-state index < -0.39 is 17.5 Å². The summed E-state index contributed by atoms with van der Waals surface area (Å²) < 4.78 is 32.4. The van der Waals surface area contributed by atoms with Gasteiger partial charge in [0, 0.05) is 19.7 Å². The molecular formula is C15H19F2NO2. The highest BCUT2D eigenvalue weighted by atomic mass is 19.1. The van der Waals surface area contributed by atoms with Crippen LogP contribution in [0.2, 0.25) is 0 Å². The molecule has 1 fully saturated rings. The molecule has 0 radical (unpaired) electrons. The van der Waals surface area contributed by atoms with Crippen LogP contribution >= 0.6 is 0 Å². The van der Waals surface area contributed by atoms with Crippen LogP contribution in [0.5, 0.6) is 0 Å². The molecule has 5 heteroatoms. The maximum atomic E-state index is 13.6. The minimum Gasteiger partial charge on any atom is -0.376 e. The van der Waals surface area contributed by atoms with Crippen molar-refractivity contribution in [3.63, 3.8) is 0 Å². The average Bonchev–Trinajstić information content (AvgIpc) is 2.47. The highest BCUT2D eigenvalue weighted by Gasteiger charge is 2.23. The standard InChI is InChI=1S/C15H19F2NO2/c1-2-18(10-12-5-3-4-8-20-12)15(19)13-9-11(16)6-7-14(13)17/h6-7,9,12H,2-5,8,10H2,1H3. The van der Waals surface area contributed by atoms with E-state index in [1.165, 1.54) is 4.90 Å². The van der Waals surface area contributed by atoms with E-state index >= 15 is 0 Å². The molecule has 20 heavy (non-hydrogen) atoms. The summed E-state index contributed by atoms with van der Waals surface area (Å²) in [6, 6.07) is 2.93. The lowest BCUT2D eigenvalue weighted by Gasteiger charge is -2.29. The first-order chi connectivity index (χ1) is 9.61. The van der Waals surface area contributed by atoms with Gasteiger partial charge in [-0.2, -0.15) is 0 Å². The Morgan fingerprint density at radius 1 is 1.40 bits per heavy atom. The molecule has 1 atom stereocenters. The SMILES string of the molecule is CCN(CC1CCCCO1)C(=O)c1cc(F)ccc1F. The Kier molecular flexibility index (Phi) is 5.06. The molecular weight excluding hydrogens is 264 g/mol. The van der Waals surface area contributed by atoms with Crippen molar-refractivity contribution >= 4 is 5.91 Å². The molecule has 3 nitrogen and oxygen atoms in total. The summed E-state index contributed by atoms with van der Waals surface area (Å²) in [6.07, 6.45) is 3.00. The van der Waals surface area contributed by atoms with Gasteiger partial charge < -0.3 is 9.64 Å². The maximum Gasteiger partial charge on any atom is 0.257 e. The minimum atomic E-state index is -0.695. The number of nitrogens with zero attached hydrogens (tertiary/aromatic N) is 1. The Morgan fingerprint density at radius 2 is 2.20 bits per heavy atom. The molecule has 2 rings (SSSR count). The summed E-state index contributed by atoms with van der Waals surface area (Å²) in [5, 5.41) is 0. The van der Waals surface area contributed by atoms with Crippen LogP contribution in [0.4, 0.5) is 8.78 Å². The van der Waals surface area contributed by atoms with E-state index in [-0.39, 0.29) is 11.7 Å².